The maximum atomic E-state index is 14.8. The third-order valence-corrected chi connectivity index (χ3v) is 13.8. The van der Waals surface area contributed by atoms with Crippen LogP contribution in [0.4, 0.5) is 17.6 Å². The van der Waals surface area contributed by atoms with Gasteiger partial charge in [-0.1, -0.05) is 81.4 Å². The maximum Gasteiger partial charge on any atom is 0.415 e. The summed E-state index contributed by atoms with van der Waals surface area (Å²) < 4.78 is 57.9. The number of hydrogen-bond donors (Lipinski definition) is 0. The first kappa shape index (κ1) is 44.8. The first-order chi connectivity index (χ1) is 26.6. The van der Waals surface area contributed by atoms with Gasteiger partial charge in [0.25, 0.3) is 5.56 Å². The SMILES string of the molecule is Bc1c(B)c(-c2c(B)c(B)c(C(F)(F)F)c(B)c2B)c(B)c(B)c1CN(CCN(CC)CC)C(=O)Cn1c(SC(B)(B)c2ccc(F)cc2)nc(=O)c2c1CCC2. The molecule has 4 aromatic rings. The summed E-state index contributed by atoms with van der Waals surface area (Å²) in [6, 6.07) is 6.32. The molecule has 0 saturated carbocycles. The lowest BCUT2D eigenvalue weighted by Gasteiger charge is -2.32. The highest BCUT2D eigenvalue weighted by Crippen LogP contribution is 2.36. The van der Waals surface area contributed by atoms with Crippen molar-refractivity contribution < 1.29 is 22.4 Å². The van der Waals surface area contributed by atoms with Crippen molar-refractivity contribution in [2.75, 3.05) is 26.2 Å². The van der Waals surface area contributed by atoms with E-state index >= 15 is 0 Å². The van der Waals surface area contributed by atoms with Crippen molar-refractivity contribution in [3.63, 3.8) is 0 Å². The average Bonchev–Trinajstić information content (AvgIpc) is 3.64. The minimum absolute atomic E-state index is 0.00628. The molecule has 0 fully saturated rings. The lowest BCUT2D eigenvalue weighted by molar-refractivity contribution is -0.136. The van der Waals surface area contributed by atoms with Gasteiger partial charge in [-0.3, -0.25) is 9.59 Å². The van der Waals surface area contributed by atoms with E-state index in [0.29, 0.717) is 54.1 Å². The average molecular weight is 785 g/mol. The summed E-state index contributed by atoms with van der Waals surface area (Å²) in [6.45, 7) is 7.39. The van der Waals surface area contributed by atoms with E-state index < -0.39 is 16.3 Å². The second kappa shape index (κ2) is 17.5. The molecule has 0 radical (unpaired) electrons. The van der Waals surface area contributed by atoms with Crippen LogP contribution in [-0.2, 0) is 41.4 Å². The molecule has 1 aromatic heterocycles. The number of fused-ring (bicyclic) bond motifs is 1. The standard InChI is InChI=1S/C36H48B10F4N4O2S/c1-3-52(4-2)12-13-53(14-19-25(37)27(39)22(28(40)26(19)38)23-29(41)31(43)24(36(48,49)50)32(44)30(23)42)21(55)15-54-20-7-5-6-18(20)33(56)51-34(54)57-35(45,46)16-8-10-17(47)11-9-16/h8-11H,3-7,12-15,37-46H2,1-2H3. The van der Waals surface area contributed by atoms with Crippen molar-refractivity contribution in [2.24, 2.45) is 0 Å². The van der Waals surface area contributed by atoms with Crippen LogP contribution < -0.4 is 49.3 Å². The molecule has 1 aliphatic carbocycles. The molecule has 1 amide bonds. The fourth-order valence-corrected chi connectivity index (χ4v) is 9.72. The van der Waals surface area contributed by atoms with E-state index in [-0.39, 0.29) is 34.8 Å². The molecule has 5 rings (SSSR count). The van der Waals surface area contributed by atoms with Gasteiger partial charge in [0.15, 0.2) is 5.16 Å². The molecular weight excluding hydrogens is 737 g/mol. The number of nitrogens with zero attached hydrogens (tertiary/aromatic N) is 4. The second-order valence-electron chi connectivity index (χ2n) is 16.1. The van der Waals surface area contributed by atoms with Crippen molar-refractivity contribution in [2.45, 2.75) is 62.1 Å². The largest absolute Gasteiger partial charge is 0.415 e. The van der Waals surface area contributed by atoms with E-state index in [0.717, 1.165) is 69.3 Å². The molecule has 1 heterocycles. The zero-order chi connectivity index (χ0) is 42.3. The summed E-state index contributed by atoms with van der Waals surface area (Å²) >= 11 is 1.40. The van der Waals surface area contributed by atoms with Gasteiger partial charge in [-0.2, -0.15) is 18.2 Å². The highest BCUT2D eigenvalue weighted by molar-refractivity contribution is 8.02. The third-order valence-electron chi connectivity index (χ3n) is 12.6. The van der Waals surface area contributed by atoms with Crippen LogP contribution in [0.3, 0.4) is 0 Å². The van der Waals surface area contributed by atoms with Crippen LogP contribution in [0.5, 0.6) is 0 Å². The Bertz CT molecular complexity index is 2210. The number of thioether (sulfide) groups is 1. The lowest BCUT2D eigenvalue weighted by atomic mass is 9.58. The van der Waals surface area contributed by atoms with Gasteiger partial charge in [-0.15, -0.1) is 0 Å². The first-order valence-corrected chi connectivity index (χ1v) is 20.8. The van der Waals surface area contributed by atoms with E-state index in [4.69, 9.17) is 0 Å². The second-order valence-corrected chi connectivity index (χ2v) is 17.7. The molecule has 3 aromatic carbocycles. The molecule has 57 heavy (non-hydrogen) atoms. The van der Waals surface area contributed by atoms with Crippen molar-refractivity contribution in [3.8, 4) is 11.1 Å². The number of rotatable bonds is 13. The number of amides is 1. The van der Waals surface area contributed by atoms with Crippen LogP contribution in [0.2, 0.25) is 0 Å². The number of benzene rings is 3. The number of alkyl halides is 3. The summed E-state index contributed by atoms with van der Waals surface area (Å²) in [7, 11) is 18.9. The molecule has 0 atom stereocenters. The van der Waals surface area contributed by atoms with Gasteiger partial charge in [0.1, 0.15) is 90.8 Å². The molecular formula is C36H48B10F4N4O2S. The predicted molar refractivity (Wildman–Crippen MR) is 257 cm³/mol. The summed E-state index contributed by atoms with van der Waals surface area (Å²) in [5.74, 6) is -0.426. The molecule has 0 spiro atoms. The van der Waals surface area contributed by atoms with Gasteiger partial charge in [0, 0.05) is 36.5 Å². The molecule has 6 nitrogen and oxygen atoms in total. The van der Waals surface area contributed by atoms with Gasteiger partial charge < -0.3 is 14.4 Å². The van der Waals surface area contributed by atoms with Crippen LogP contribution in [-0.4, -0.2) is 130 Å². The molecule has 21 heteroatoms. The van der Waals surface area contributed by atoms with Gasteiger partial charge in [0.2, 0.25) is 5.91 Å². The smallest absolute Gasteiger partial charge is 0.336 e. The first-order valence-electron chi connectivity index (χ1n) is 20.0. The molecule has 288 valence electrons. The Hall–Kier alpha value is -3.31. The molecule has 0 unspecified atom stereocenters. The minimum Gasteiger partial charge on any atom is -0.336 e. The van der Waals surface area contributed by atoms with Crippen LogP contribution in [0.25, 0.3) is 11.1 Å². The van der Waals surface area contributed by atoms with Crippen LogP contribution in [0.1, 0.15) is 48.2 Å². The quantitative estimate of drug-likeness (QED) is 0.0585. The Morgan fingerprint density at radius 1 is 0.807 bits per heavy atom. The van der Waals surface area contributed by atoms with Crippen molar-refractivity contribution in [3.05, 3.63) is 68.4 Å². The van der Waals surface area contributed by atoms with Gasteiger partial charge in [-0.05, 0) is 71.3 Å². The number of halogens is 4. The topological polar surface area (TPSA) is 58.4 Å². The summed E-state index contributed by atoms with van der Waals surface area (Å²) in [6.07, 6.45) is -2.35. The van der Waals surface area contributed by atoms with Crippen LogP contribution in [0, 0.1) is 5.82 Å². The summed E-state index contributed by atoms with van der Waals surface area (Å²) in [5.41, 5.74) is 10.1. The van der Waals surface area contributed by atoms with E-state index in [9.17, 15) is 27.2 Å². The molecule has 1 aliphatic rings. The third kappa shape index (κ3) is 8.99. The molecule has 0 saturated heterocycles. The number of likely N-dealkylation sites (N-methyl/N-ethyl adjacent to an activating group) is 1. The minimum atomic E-state index is -4.45. The number of carbonyl (C=O) groups is 1. The Labute approximate surface area is 348 Å². The van der Waals surface area contributed by atoms with E-state index in [1.54, 1.807) is 43.5 Å². The fourth-order valence-electron chi connectivity index (χ4n) is 8.60. The van der Waals surface area contributed by atoms with Crippen molar-refractivity contribution >= 4 is 140 Å². The van der Waals surface area contributed by atoms with Gasteiger partial charge in [-0.25, -0.2) is 4.39 Å². The van der Waals surface area contributed by atoms with Crippen molar-refractivity contribution in [1.29, 1.82) is 0 Å². The predicted octanol–water partition coefficient (Wildman–Crippen LogP) is -8.84. The number of carbonyl (C=O) groups excluding carboxylic acids is 1. The zero-order valence-corrected chi connectivity index (χ0v) is 36.5. The molecule has 0 N–H and O–H groups in total. The highest BCUT2D eigenvalue weighted by Gasteiger charge is 2.36. The van der Waals surface area contributed by atoms with Gasteiger partial charge >= 0.3 is 6.18 Å². The Morgan fingerprint density at radius 2 is 1.33 bits per heavy atom. The van der Waals surface area contributed by atoms with E-state index in [1.807, 2.05) is 56.5 Å². The summed E-state index contributed by atoms with van der Waals surface area (Å²) in [4.78, 5) is 36.9. The van der Waals surface area contributed by atoms with Crippen molar-refractivity contribution in [1.82, 2.24) is 19.4 Å². The fraction of sp³-hybridized carbons (Fsp3) is 0.361. The molecule has 0 bridgehead atoms. The molecule has 0 aliphatic heterocycles. The van der Waals surface area contributed by atoms with Crippen LogP contribution in [0.15, 0.2) is 34.2 Å². The monoisotopic (exact) mass is 786 g/mol. The number of hydrogen-bond acceptors (Lipinski definition) is 5. The highest BCUT2D eigenvalue weighted by atomic mass is 32.2. The Kier molecular flexibility index (Phi) is 13.8. The zero-order valence-electron chi connectivity index (χ0n) is 35.7. The van der Waals surface area contributed by atoms with E-state index in [2.05, 4.69) is 23.7 Å². The number of aromatic nitrogens is 2. The van der Waals surface area contributed by atoms with Gasteiger partial charge in [0.05, 0.1) is 0 Å². The summed E-state index contributed by atoms with van der Waals surface area (Å²) in [5, 5.41) is 0.461. The Morgan fingerprint density at radius 3 is 1.84 bits per heavy atom. The normalized spacial score (nSPS) is 13.0. The maximum absolute atomic E-state index is 14.8. The lowest BCUT2D eigenvalue weighted by Crippen LogP contribution is -2.53. The van der Waals surface area contributed by atoms with E-state index in [1.165, 1.54) is 23.9 Å². The Balaban J connectivity index is 1.59. The van der Waals surface area contributed by atoms with Crippen LogP contribution >= 0.6 is 11.8 Å².